The average molecular weight is 508 g/mol. The molecule has 3 aromatic rings. The van der Waals surface area contributed by atoms with Crippen molar-refractivity contribution >= 4 is 29.1 Å². The second-order valence-electron chi connectivity index (χ2n) is 9.68. The van der Waals surface area contributed by atoms with Crippen LogP contribution in [0.4, 0.5) is 5.69 Å². The van der Waals surface area contributed by atoms with Gasteiger partial charge in [0.05, 0.1) is 11.4 Å². The molecule has 1 aliphatic heterocycles. The van der Waals surface area contributed by atoms with Crippen LogP contribution in [0.3, 0.4) is 0 Å². The lowest BCUT2D eigenvalue weighted by atomic mass is 10.0. The van der Waals surface area contributed by atoms with Crippen LogP contribution in [0.5, 0.6) is 0 Å². The summed E-state index contributed by atoms with van der Waals surface area (Å²) in [6.07, 6.45) is 5.08. The number of carbonyl (C=O) groups is 2. The predicted molar refractivity (Wildman–Crippen MR) is 143 cm³/mol. The highest BCUT2D eigenvalue weighted by atomic mass is 35.5. The van der Waals surface area contributed by atoms with Crippen molar-refractivity contribution in [3.8, 4) is 5.69 Å². The van der Waals surface area contributed by atoms with Crippen LogP contribution in [0.25, 0.3) is 5.69 Å². The summed E-state index contributed by atoms with van der Waals surface area (Å²) in [5, 5.41) is 9.16. The van der Waals surface area contributed by atoms with Gasteiger partial charge < -0.3 is 9.80 Å². The van der Waals surface area contributed by atoms with Gasteiger partial charge in [0.1, 0.15) is 0 Å². The maximum absolute atomic E-state index is 13.8. The van der Waals surface area contributed by atoms with E-state index in [1.165, 1.54) is 0 Å². The molecule has 0 unspecified atom stereocenters. The maximum atomic E-state index is 13.8. The van der Waals surface area contributed by atoms with Crippen molar-refractivity contribution < 1.29 is 9.59 Å². The number of nitrogens with zero attached hydrogens (tertiary/aromatic N) is 5. The maximum Gasteiger partial charge on any atom is 0.276 e. The Morgan fingerprint density at radius 3 is 2.31 bits per heavy atom. The van der Waals surface area contributed by atoms with Gasteiger partial charge in [-0.1, -0.05) is 68.1 Å². The number of amides is 2. The molecular formula is C28H34ClN5O2. The number of anilines is 1. The minimum Gasteiger partial charge on any atom is -0.333 e. The lowest BCUT2D eigenvalue weighted by Crippen LogP contribution is -2.37. The van der Waals surface area contributed by atoms with Gasteiger partial charge in [0.15, 0.2) is 5.69 Å². The zero-order valence-corrected chi connectivity index (χ0v) is 22.0. The Morgan fingerprint density at radius 2 is 1.58 bits per heavy atom. The highest BCUT2D eigenvalue weighted by Gasteiger charge is 2.26. The molecule has 0 bridgehead atoms. The molecule has 0 spiro atoms. The third kappa shape index (κ3) is 5.78. The summed E-state index contributed by atoms with van der Waals surface area (Å²) < 4.78 is 1.66. The monoisotopic (exact) mass is 507 g/mol. The smallest absolute Gasteiger partial charge is 0.276 e. The fraction of sp³-hybridized carbons (Fsp3) is 0.429. The van der Waals surface area contributed by atoms with Crippen molar-refractivity contribution in [3.05, 3.63) is 70.5 Å². The molecule has 0 atom stereocenters. The van der Waals surface area contributed by atoms with E-state index in [0.29, 0.717) is 36.0 Å². The highest BCUT2D eigenvalue weighted by Crippen LogP contribution is 2.27. The quantitative estimate of drug-likeness (QED) is 0.447. The average Bonchev–Trinajstić information content (AvgIpc) is 3.25. The lowest BCUT2D eigenvalue weighted by molar-refractivity contribution is -0.121. The van der Waals surface area contributed by atoms with E-state index in [2.05, 4.69) is 10.3 Å². The van der Waals surface area contributed by atoms with E-state index in [-0.39, 0.29) is 17.7 Å². The van der Waals surface area contributed by atoms with Gasteiger partial charge in [-0.2, -0.15) is 0 Å². The normalized spacial score (nSPS) is 15.2. The fourth-order valence-corrected chi connectivity index (χ4v) is 4.76. The standard InChI is InChI=1S/C28H34ClN5O2/c1-20(2)27(35)33-18-10-6-4-5-9-17-32(19-22-11-7-8-12-25(22)33)28(36)26-21(3)34(31-30-26)24-15-13-23(29)14-16-24/h7-8,11-16,20H,4-6,9-10,17-19H2,1-3H3. The molecule has 7 nitrogen and oxygen atoms in total. The molecule has 1 aliphatic rings. The van der Waals surface area contributed by atoms with Crippen LogP contribution < -0.4 is 4.90 Å². The van der Waals surface area contributed by atoms with Crippen LogP contribution in [0.1, 0.15) is 67.7 Å². The van der Waals surface area contributed by atoms with Crippen LogP contribution in [0.2, 0.25) is 5.02 Å². The van der Waals surface area contributed by atoms with Gasteiger partial charge in [0, 0.05) is 36.3 Å². The number of benzene rings is 2. The molecule has 2 amide bonds. The Hall–Kier alpha value is -3.19. The van der Waals surface area contributed by atoms with E-state index in [9.17, 15) is 9.59 Å². The fourth-order valence-electron chi connectivity index (χ4n) is 4.63. The number of hydrogen-bond acceptors (Lipinski definition) is 4. The Morgan fingerprint density at radius 1 is 0.917 bits per heavy atom. The van der Waals surface area contributed by atoms with Gasteiger partial charge in [-0.25, -0.2) is 4.68 Å². The van der Waals surface area contributed by atoms with E-state index >= 15 is 0 Å². The Bertz CT molecular complexity index is 1200. The number of halogens is 1. The van der Waals surface area contributed by atoms with E-state index in [1.807, 2.05) is 67.0 Å². The highest BCUT2D eigenvalue weighted by molar-refractivity contribution is 6.30. The molecule has 2 heterocycles. The van der Waals surface area contributed by atoms with Crippen LogP contribution in [0, 0.1) is 12.8 Å². The molecule has 8 heteroatoms. The molecule has 2 aromatic carbocycles. The molecule has 190 valence electrons. The molecule has 0 saturated heterocycles. The zero-order chi connectivity index (χ0) is 25.7. The SMILES string of the molecule is Cc1c(C(=O)N2CCCCCCCN(C(=O)C(C)C)c3ccccc3C2)nnn1-c1ccc(Cl)cc1. The number of para-hydroxylation sites is 1. The second-order valence-corrected chi connectivity index (χ2v) is 10.1. The third-order valence-corrected chi connectivity index (χ3v) is 6.92. The summed E-state index contributed by atoms with van der Waals surface area (Å²) in [4.78, 5) is 30.7. The van der Waals surface area contributed by atoms with Crippen LogP contribution in [-0.4, -0.2) is 44.8 Å². The van der Waals surface area contributed by atoms with Crippen molar-refractivity contribution in [1.82, 2.24) is 19.9 Å². The number of carbonyl (C=O) groups excluding carboxylic acids is 2. The molecule has 4 rings (SSSR count). The molecular weight excluding hydrogens is 474 g/mol. The molecule has 0 saturated carbocycles. The molecule has 0 aliphatic carbocycles. The Kier molecular flexibility index (Phi) is 8.41. The summed E-state index contributed by atoms with van der Waals surface area (Å²) >= 11 is 6.03. The van der Waals surface area contributed by atoms with Crippen LogP contribution in [0.15, 0.2) is 48.5 Å². The number of hydrogen-bond donors (Lipinski definition) is 0. The topological polar surface area (TPSA) is 71.3 Å². The van der Waals surface area contributed by atoms with E-state index in [1.54, 1.807) is 16.8 Å². The largest absolute Gasteiger partial charge is 0.333 e. The molecule has 0 fully saturated rings. The summed E-state index contributed by atoms with van der Waals surface area (Å²) in [6, 6.07) is 15.2. The van der Waals surface area contributed by atoms with Crippen molar-refractivity contribution in [3.63, 3.8) is 0 Å². The van der Waals surface area contributed by atoms with Gasteiger partial charge in [0.2, 0.25) is 5.91 Å². The van der Waals surface area contributed by atoms with Crippen molar-refractivity contribution in [2.45, 2.75) is 59.4 Å². The summed E-state index contributed by atoms with van der Waals surface area (Å²) in [6.45, 7) is 7.45. The third-order valence-electron chi connectivity index (χ3n) is 6.67. The number of aromatic nitrogens is 3. The van der Waals surface area contributed by atoms with Gasteiger partial charge in [-0.05, 0) is 55.7 Å². The minimum atomic E-state index is -0.152. The Balaban J connectivity index is 1.67. The first-order chi connectivity index (χ1) is 17.4. The van der Waals surface area contributed by atoms with E-state index < -0.39 is 0 Å². The Labute approximate surface area is 218 Å². The minimum absolute atomic E-state index is 0.103. The molecule has 1 aromatic heterocycles. The molecule has 0 N–H and O–H groups in total. The van der Waals surface area contributed by atoms with Crippen molar-refractivity contribution in [2.75, 3.05) is 18.0 Å². The summed E-state index contributed by atoms with van der Waals surface area (Å²) in [5.74, 6) is -0.144. The van der Waals surface area contributed by atoms with Gasteiger partial charge in [-0.15, -0.1) is 5.10 Å². The van der Waals surface area contributed by atoms with Crippen molar-refractivity contribution in [1.29, 1.82) is 0 Å². The number of rotatable bonds is 3. The number of fused-ring (bicyclic) bond motifs is 1. The van der Waals surface area contributed by atoms with Crippen LogP contribution in [-0.2, 0) is 11.3 Å². The summed E-state index contributed by atoms with van der Waals surface area (Å²) in [5.41, 5.74) is 3.66. The lowest BCUT2D eigenvalue weighted by Gasteiger charge is -2.30. The molecule has 0 radical (unpaired) electrons. The zero-order valence-electron chi connectivity index (χ0n) is 21.3. The van der Waals surface area contributed by atoms with Gasteiger partial charge in [0.25, 0.3) is 5.91 Å². The van der Waals surface area contributed by atoms with E-state index in [0.717, 1.165) is 49.0 Å². The van der Waals surface area contributed by atoms with E-state index in [4.69, 9.17) is 11.6 Å². The first kappa shape index (κ1) is 25.9. The van der Waals surface area contributed by atoms with Crippen LogP contribution >= 0.6 is 11.6 Å². The van der Waals surface area contributed by atoms with Gasteiger partial charge in [-0.3, -0.25) is 9.59 Å². The van der Waals surface area contributed by atoms with Gasteiger partial charge >= 0.3 is 0 Å². The first-order valence-corrected chi connectivity index (χ1v) is 13.1. The second kappa shape index (κ2) is 11.7. The predicted octanol–water partition coefficient (Wildman–Crippen LogP) is 5.82. The first-order valence-electron chi connectivity index (χ1n) is 12.7. The summed E-state index contributed by atoms with van der Waals surface area (Å²) in [7, 11) is 0. The van der Waals surface area contributed by atoms with Crippen molar-refractivity contribution in [2.24, 2.45) is 5.92 Å². The molecule has 36 heavy (non-hydrogen) atoms.